The van der Waals surface area contributed by atoms with Crippen LogP contribution >= 0.6 is 0 Å². The fourth-order valence-electron chi connectivity index (χ4n) is 2.44. The molecule has 68 valence electrons. The van der Waals surface area contributed by atoms with Gasteiger partial charge in [0.1, 0.15) is 0 Å². The number of amides is 1. The van der Waals surface area contributed by atoms with E-state index in [1.165, 1.54) is 0 Å². The first-order chi connectivity index (χ1) is 5.83. The van der Waals surface area contributed by atoms with Crippen LogP contribution in [0.3, 0.4) is 0 Å². The average molecular weight is 169 g/mol. The van der Waals surface area contributed by atoms with Gasteiger partial charge in [-0.2, -0.15) is 0 Å². The molecule has 1 N–H and O–H groups in total. The molecule has 0 bridgehead atoms. The predicted octanol–water partition coefficient (Wildman–Crippen LogP) is 0.380. The monoisotopic (exact) mass is 169 g/mol. The highest BCUT2D eigenvalue weighted by Crippen LogP contribution is 2.31. The lowest BCUT2D eigenvalue weighted by molar-refractivity contribution is -0.135. The molecule has 0 unspecified atom stereocenters. The van der Waals surface area contributed by atoms with Crippen molar-refractivity contribution in [3.8, 4) is 0 Å². The predicted molar refractivity (Wildman–Crippen MR) is 44.5 cm³/mol. The van der Waals surface area contributed by atoms with Gasteiger partial charge in [0.05, 0.1) is 0 Å². The molecule has 0 aromatic rings. The van der Waals surface area contributed by atoms with Gasteiger partial charge in [-0.15, -0.1) is 0 Å². The van der Waals surface area contributed by atoms with Crippen molar-refractivity contribution in [3.05, 3.63) is 0 Å². The summed E-state index contributed by atoms with van der Waals surface area (Å²) in [5, 5.41) is 9.05. The fraction of sp³-hybridized carbons (Fsp3) is 0.889. The summed E-state index contributed by atoms with van der Waals surface area (Å²) in [5.41, 5.74) is 0. The molecule has 2 saturated heterocycles. The normalized spacial score (nSPS) is 35.4. The second-order valence-electron chi connectivity index (χ2n) is 3.78. The zero-order valence-electron chi connectivity index (χ0n) is 7.20. The molecule has 12 heavy (non-hydrogen) atoms. The van der Waals surface area contributed by atoms with Gasteiger partial charge in [0, 0.05) is 31.5 Å². The third-order valence-electron chi connectivity index (χ3n) is 3.13. The molecule has 0 aliphatic carbocycles. The van der Waals surface area contributed by atoms with Crippen LogP contribution in [-0.4, -0.2) is 35.1 Å². The maximum Gasteiger partial charge on any atom is 0.222 e. The van der Waals surface area contributed by atoms with Crippen molar-refractivity contribution in [3.63, 3.8) is 0 Å². The van der Waals surface area contributed by atoms with Crippen LogP contribution in [-0.2, 0) is 4.79 Å². The average Bonchev–Trinajstić information content (AvgIpc) is 2.49. The first kappa shape index (κ1) is 8.05. The van der Waals surface area contributed by atoms with Crippen molar-refractivity contribution in [2.24, 2.45) is 5.92 Å². The summed E-state index contributed by atoms with van der Waals surface area (Å²) >= 11 is 0. The van der Waals surface area contributed by atoms with Gasteiger partial charge >= 0.3 is 0 Å². The van der Waals surface area contributed by atoms with E-state index < -0.39 is 0 Å². The van der Waals surface area contributed by atoms with Gasteiger partial charge < -0.3 is 10.0 Å². The Morgan fingerprint density at radius 1 is 1.50 bits per heavy atom. The standard InChI is InChI=1S/C9H15NO2/c11-6-7-4-5-10-8(7)2-1-3-9(10)12/h7-8,11H,1-6H2/t7-,8-/m0/s1. The second kappa shape index (κ2) is 3.05. The number of aliphatic hydroxyl groups excluding tert-OH is 1. The molecule has 0 aromatic heterocycles. The van der Waals surface area contributed by atoms with E-state index in [1.54, 1.807) is 0 Å². The molecule has 3 nitrogen and oxygen atoms in total. The Balaban J connectivity index is 2.08. The molecule has 2 fully saturated rings. The molecule has 0 aromatic carbocycles. The number of hydrogen-bond acceptors (Lipinski definition) is 2. The minimum Gasteiger partial charge on any atom is -0.396 e. The molecular weight excluding hydrogens is 154 g/mol. The summed E-state index contributed by atoms with van der Waals surface area (Å²) in [4.78, 5) is 13.3. The molecule has 0 radical (unpaired) electrons. The SMILES string of the molecule is O=C1CCC[C@H]2[C@H](CO)CCN12. The van der Waals surface area contributed by atoms with Crippen molar-refractivity contribution in [1.82, 2.24) is 4.90 Å². The first-order valence-electron chi connectivity index (χ1n) is 4.73. The van der Waals surface area contributed by atoms with Crippen LogP contribution < -0.4 is 0 Å². The highest BCUT2D eigenvalue weighted by Gasteiger charge is 2.38. The van der Waals surface area contributed by atoms with Crippen molar-refractivity contribution in [1.29, 1.82) is 0 Å². The zero-order chi connectivity index (χ0) is 8.55. The van der Waals surface area contributed by atoms with Crippen LogP contribution in [0.1, 0.15) is 25.7 Å². The number of rotatable bonds is 1. The number of aliphatic hydroxyl groups is 1. The topological polar surface area (TPSA) is 40.5 Å². The van der Waals surface area contributed by atoms with E-state index in [1.807, 2.05) is 4.90 Å². The number of carbonyl (C=O) groups excluding carboxylic acids is 1. The van der Waals surface area contributed by atoms with E-state index in [0.29, 0.717) is 24.3 Å². The Labute approximate surface area is 72.4 Å². The Bertz CT molecular complexity index is 193. The molecule has 0 spiro atoms. The van der Waals surface area contributed by atoms with Crippen LogP contribution in [0.4, 0.5) is 0 Å². The Kier molecular flexibility index (Phi) is 2.05. The molecule has 0 saturated carbocycles. The van der Waals surface area contributed by atoms with Gasteiger partial charge in [0.15, 0.2) is 0 Å². The summed E-state index contributed by atoms with van der Waals surface area (Å²) in [6.45, 7) is 1.11. The number of piperidine rings is 1. The van der Waals surface area contributed by atoms with Gasteiger partial charge in [-0.25, -0.2) is 0 Å². The first-order valence-corrected chi connectivity index (χ1v) is 4.73. The molecule has 2 atom stereocenters. The molecule has 2 rings (SSSR count). The molecule has 2 aliphatic heterocycles. The molecule has 1 amide bonds. The number of carbonyl (C=O) groups is 1. The van der Waals surface area contributed by atoms with Gasteiger partial charge in [-0.3, -0.25) is 4.79 Å². The minimum absolute atomic E-state index is 0.244. The lowest BCUT2D eigenvalue weighted by Crippen LogP contribution is -2.41. The molecular formula is C9H15NO2. The highest BCUT2D eigenvalue weighted by molar-refractivity contribution is 5.77. The van der Waals surface area contributed by atoms with E-state index >= 15 is 0 Å². The van der Waals surface area contributed by atoms with E-state index in [2.05, 4.69) is 0 Å². The fourth-order valence-corrected chi connectivity index (χ4v) is 2.44. The Morgan fingerprint density at radius 3 is 3.08 bits per heavy atom. The van der Waals surface area contributed by atoms with Crippen LogP contribution in [0, 0.1) is 5.92 Å². The third-order valence-corrected chi connectivity index (χ3v) is 3.13. The highest BCUT2D eigenvalue weighted by atomic mass is 16.3. The summed E-state index contributed by atoms with van der Waals surface area (Å²) in [6.07, 6.45) is 3.81. The van der Waals surface area contributed by atoms with Crippen molar-refractivity contribution in [2.45, 2.75) is 31.7 Å². The summed E-state index contributed by atoms with van der Waals surface area (Å²) in [5.74, 6) is 0.649. The van der Waals surface area contributed by atoms with E-state index in [0.717, 1.165) is 25.8 Å². The van der Waals surface area contributed by atoms with Crippen LogP contribution in [0.5, 0.6) is 0 Å². The number of nitrogens with zero attached hydrogens (tertiary/aromatic N) is 1. The van der Waals surface area contributed by atoms with Crippen molar-refractivity contribution < 1.29 is 9.90 Å². The maximum absolute atomic E-state index is 11.4. The smallest absolute Gasteiger partial charge is 0.222 e. The molecule has 2 aliphatic rings. The van der Waals surface area contributed by atoms with Crippen LogP contribution in [0.15, 0.2) is 0 Å². The Morgan fingerprint density at radius 2 is 2.33 bits per heavy atom. The van der Waals surface area contributed by atoms with E-state index in [-0.39, 0.29) is 6.61 Å². The van der Waals surface area contributed by atoms with Crippen molar-refractivity contribution in [2.75, 3.05) is 13.2 Å². The summed E-state index contributed by atoms with van der Waals surface area (Å²) in [6, 6.07) is 0.358. The quantitative estimate of drug-likeness (QED) is 0.616. The van der Waals surface area contributed by atoms with E-state index in [9.17, 15) is 4.79 Å². The summed E-state index contributed by atoms with van der Waals surface area (Å²) in [7, 11) is 0. The van der Waals surface area contributed by atoms with Gasteiger partial charge in [-0.1, -0.05) is 0 Å². The van der Waals surface area contributed by atoms with Crippen molar-refractivity contribution >= 4 is 5.91 Å². The van der Waals surface area contributed by atoms with Gasteiger partial charge in [0.2, 0.25) is 5.91 Å². The van der Waals surface area contributed by atoms with Gasteiger partial charge in [-0.05, 0) is 19.3 Å². The number of hydrogen-bond donors (Lipinski definition) is 1. The second-order valence-corrected chi connectivity index (χ2v) is 3.78. The third kappa shape index (κ3) is 1.12. The zero-order valence-corrected chi connectivity index (χ0v) is 7.20. The summed E-state index contributed by atoms with van der Waals surface area (Å²) < 4.78 is 0. The largest absolute Gasteiger partial charge is 0.396 e. The van der Waals surface area contributed by atoms with Gasteiger partial charge in [0.25, 0.3) is 0 Å². The maximum atomic E-state index is 11.4. The van der Waals surface area contributed by atoms with E-state index in [4.69, 9.17) is 5.11 Å². The lowest BCUT2D eigenvalue weighted by atomic mass is 9.94. The van der Waals surface area contributed by atoms with Crippen LogP contribution in [0.2, 0.25) is 0 Å². The molecule has 2 heterocycles. The molecule has 3 heteroatoms. The lowest BCUT2D eigenvalue weighted by Gasteiger charge is -2.31. The van der Waals surface area contributed by atoms with Crippen LogP contribution in [0.25, 0.3) is 0 Å². The Hall–Kier alpha value is -0.570. The minimum atomic E-state index is 0.244. The number of fused-ring (bicyclic) bond motifs is 1.